The van der Waals surface area contributed by atoms with E-state index in [0.717, 1.165) is 24.4 Å². The van der Waals surface area contributed by atoms with Crippen LogP contribution in [0, 0.1) is 11.8 Å². The Labute approximate surface area is 117 Å². The van der Waals surface area contributed by atoms with Gasteiger partial charge in [-0.25, -0.2) is 0 Å². The maximum atomic E-state index is 5.83. The first kappa shape index (κ1) is 13.1. The van der Waals surface area contributed by atoms with E-state index in [9.17, 15) is 0 Å². The second-order valence-corrected chi connectivity index (χ2v) is 6.31. The second-order valence-electron chi connectivity index (χ2n) is 6.31. The van der Waals surface area contributed by atoms with Gasteiger partial charge in [0.25, 0.3) is 0 Å². The van der Waals surface area contributed by atoms with Crippen LogP contribution in [0.2, 0.25) is 0 Å². The van der Waals surface area contributed by atoms with Crippen LogP contribution in [0.15, 0.2) is 30.3 Å². The monoisotopic (exact) mass is 258 g/mol. The molecule has 19 heavy (non-hydrogen) atoms. The van der Waals surface area contributed by atoms with Gasteiger partial charge < -0.3 is 10.6 Å². The number of hydrogen-bond donors (Lipinski definition) is 1. The highest BCUT2D eigenvalue weighted by atomic mass is 15.2. The lowest BCUT2D eigenvalue weighted by atomic mass is 9.77. The summed E-state index contributed by atoms with van der Waals surface area (Å²) in [5, 5.41) is 0. The topological polar surface area (TPSA) is 29.3 Å². The fourth-order valence-electron chi connectivity index (χ4n) is 3.74. The Morgan fingerprint density at radius 2 is 1.74 bits per heavy atom. The Kier molecular flexibility index (Phi) is 4.19. The number of rotatable bonds is 4. The lowest BCUT2D eigenvalue weighted by Crippen LogP contribution is -2.52. The molecule has 1 aromatic rings. The molecule has 1 saturated carbocycles. The summed E-state index contributed by atoms with van der Waals surface area (Å²) in [5.41, 5.74) is 7.34. The number of hydrogen-bond acceptors (Lipinski definition) is 2. The van der Waals surface area contributed by atoms with Gasteiger partial charge in [0.05, 0.1) is 0 Å². The first-order valence-electron chi connectivity index (χ1n) is 7.85. The molecule has 2 atom stereocenters. The van der Waals surface area contributed by atoms with Crippen LogP contribution in [-0.4, -0.2) is 30.6 Å². The van der Waals surface area contributed by atoms with Gasteiger partial charge in [-0.15, -0.1) is 0 Å². The highest BCUT2D eigenvalue weighted by molar-refractivity contribution is 5.15. The van der Waals surface area contributed by atoms with Crippen LogP contribution in [0.25, 0.3) is 0 Å². The van der Waals surface area contributed by atoms with E-state index in [-0.39, 0.29) is 0 Å². The zero-order chi connectivity index (χ0) is 13.1. The fraction of sp³-hybridized carbons (Fsp3) is 0.647. The summed E-state index contributed by atoms with van der Waals surface area (Å²) in [7, 11) is 0. The highest BCUT2D eigenvalue weighted by Gasteiger charge is 2.35. The molecule has 2 heteroatoms. The van der Waals surface area contributed by atoms with Crippen molar-refractivity contribution in [1.29, 1.82) is 0 Å². The van der Waals surface area contributed by atoms with Crippen molar-refractivity contribution in [2.24, 2.45) is 17.6 Å². The number of benzene rings is 1. The van der Waals surface area contributed by atoms with Crippen molar-refractivity contribution < 1.29 is 0 Å². The molecule has 1 heterocycles. The van der Waals surface area contributed by atoms with E-state index in [1.165, 1.54) is 50.8 Å². The minimum absolute atomic E-state index is 0.783. The fourth-order valence-corrected chi connectivity index (χ4v) is 3.74. The average Bonchev–Trinajstić information content (AvgIpc) is 2.41. The molecule has 1 aromatic carbocycles. The third-order valence-corrected chi connectivity index (χ3v) is 5.17. The molecule has 2 fully saturated rings. The minimum Gasteiger partial charge on any atom is -0.330 e. The number of piperidine rings is 1. The van der Waals surface area contributed by atoms with E-state index < -0.39 is 0 Å². The van der Waals surface area contributed by atoms with Gasteiger partial charge in [-0.05, 0) is 69.1 Å². The number of nitrogens with zero attached hydrogens (tertiary/aromatic N) is 1. The molecule has 0 aromatic heterocycles. The van der Waals surface area contributed by atoms with Crippen LogP contribution in [0.5, 0.6) is 0 Å². The Morgan fingerprint density at radius 3 is 2.32 bits per heavy atom. The van der Waals surface area contributed by atoms with E-state index in [4.69, 9.17) is 5.73 Å². The average molecular weight is 258 g/mol. The van der Waals surface area contributed by atoms with Gasteiger partial charge in [0.2, 0.25) is 0 Å². The molecule has 104 valence electrons. The van der Waals surface area contributed by atoms with Gasteiger partial charge in [0.15, 0.2) is 0 Å². The van der Waals surface area contributed by atoms with E-state index in [1.54, 1.807) is 0 Å². The molecule has 3 rings (SSSR count). The van der Waals surface area contributed by atoms with Gasteiger partial charge >= 0.3 is 0 Å². The first-order valence-corrected chi connectivity index (χ1v) is 7.85. The summed E-state index contributed by atoms with van der Waals surface area (Å²) in [5.74, 6) is 1.67. The molecule has 0 bridgehead atoms. The van der Waals surface area contributed by atoms with Crippen molar-refractivity contribution in [3.8, 4) is 0 Å². The minimum atomic E-state index is 0.783. The number of likely N-dealkylation sites (tertiary alicyclic amines) is 1. The predicted octanol–water partition coefficient (Wildman–Crippen LogP) is 2.68. The zero-order valence-electron chi connectivity index (χ0n) is 11.8. The summed E-state index contributed by atoms with van der Waals surface area (Å²) in [4.78, 5) is 2.71. The van der Waals surface area contributed by atoms with Gasteiger partial charge in [0, 0.05) is 6.04 Å². The second kappa shape index (κ2) is 6.06. The molecule has 2 nitrogen and oxygen atoms in total. The van der Waals surface area contributed by atoms with Crippen LogP contribution in [0.4, 0.5) is 0 Å². The van der Waals surface area contributed by atoms with Crippen molar-refractivity contribution in [3.05, 3.63) is 35.9 Å². The van der Waals surface area contributed by atoms with Crippen LogP contribution >= 0.6 is 0 Å². The summed E-state index contributed by atoms with van der Waals surface area (Å²) in [6.07, 6.45) is 6.72. The van der Waals surface area contributed by atoms with Crippen LogP contribution in [0.3, 0.4) is 0 Å². The lowest BCUT2D eigenvalue weighted by molar-refractivity contribution is 0.0381. The number of nitrogens with two attached hydrogens (primary N) is 1. The Morgan fingerprint density at radius 1 is 1.00 bits per heavy atom. The largest absolute Gasteiger partial charge is 0.330 e. The third kappa shape index (κ3) is 3.01. The van der Waals surface area contributed by atoms with Crippen LogP contribution < -0.4 is 5.73 Å². The molecule has 1 aliphatic carbocycles. The zero-order valence-corrected chi connectivity index (χ0v) is 11.8. The Hall–Kier alpha value is -0.860. The molecule has 2 aliphatic rings. The Balaban J connectivity index is 1.47. The molecule has 2 N–H and O–H groups in total. The van der Waals surface area contributed by atoms with Gasteiger partial charge in [-0.2, -0.15) is 0 Å². The quantitative estimate of drug-likeness (QED) is 0.899. The van der Waals surface area contributed by atoms with Crippen LogP contribution in [0.1, 0.15) is 31.2 Å². The molecule has 0 spiro atoms. The van der Waals surface area contributed by atoms with Crippen molar-refractivity contribution in [2.75, 3.05) is 19.6 Å². The van der Waals surface area contributed by atoms with Crippen molar-refractivity contribution in [1.82, 2.24) is 4.90 Å². The summed E-state index contributed by atoms with van der Waals surface area (Å²) in [6, 6.07) is 11.8. The molecule has 0 radical (unpaired) electrons. The van der Waals surface area contributed by atoms with Gasteiger partial charge in [-0.1, -0.05) is 30.3 Å². The lowest BCUT2D eigenvalue weighted by Gasteiger charge is -2.46. The molecule has 1 aliphatic heterocycles. The SMILES string of the molecule is NCC1CCC1N1CCC(Cc2ccccc2)CC1. The third-order valence-electron chi connectivity index (χ3n) is 5.17. The van der Waals surface area contributed by atoms with Crippen molar-refractivity contribution in [2.45, 2.75) is 38.1 Å². The molecule has 0 amide bonds. The van der Waals surface area contributed by atoms with Crippen molar-refractivity contribution >= 4 is 0 Å². The van der Waals surface area contributed by atoms with Gasteiger partial charge in [0.1, 0.15) is 0 Å². The summed E-state index contributed by atoms with van der Waals surface area (Å²) in [6.45, 7) is 3.46. The predicted molar refractivity (Wildman–Crippen MR) is 80.0 cm³/mol. The summed E-state index contributed by atoms with van der Waals surface area (Å²) < 4.78 is 0. The van der Waals surface area contributed by atoms with E-state index in [0.29, 0.717) is 0 Å². The standard InChI is InChI=1S/C17H26N2/c18-13-16-6-7-17(16)19-10-8-15(9-11-19)12-14-4-2-1-3-5-14/h1-5,15-17H,6-13,18H2. The molecular weight excluding hydrogens is 232 g/mol. The van der Waals surface area contributed by atoms with Crippen LogP contribution in [-0.2, 0) is 6.42 Å². The smallest absolute Gasteiger partial charge is 0.0136 e. The van der Waals surface area contributed by atoms with E-state index in [1.807, 2.05) is 0 Å². The normalized spacial score (nSPS) is 29.1. The molecular formula is C17H26N2. The first-order chi connectivity index (χ1) is 9.36. The Bertz CT molecular complexity index is 380. The summed E-state index contributed by atoms with van der Waals surface area (Å²) >= 11 is 0. The van der Waals surface area contributed by atoms with Crippen molar-refractivity contribution in [3.63, 3.8) is 0 Å². The molecule has 1 saturated heterocycles. The van der Waals surface area contributed by atoms with E-state index in [2.05, 4.69) is 35.2 Å². The maximum absolute atomic E-state index is 5.83. The molecule has 2 unspecified atom stereocenters. The highest BCUT2D eigenvalue weighted by Crippen LogP contribution is 2.34. The maximum Gasteiger partial charge on any atom is 0.0136 e. The van der Waals surface area contributed by atoms with Gasteiger partial charge in [-0.3, -0.25) is 0 Å². The van der Waals surface area contributed by atoms with E-state index >= 15 is 0 Å².